The van der Waals surface area contributed by atoms with Crippen molar-refractivity contribution in [2.75, 3.05) is 6.54 Å². The number of carbonyl (C=O) groups excluding carboxylic acids is 1. The molecule has 1 aromatic carbocycles. The predicted octanol–water partition coefficient (Wildman–Crippen LogP) is 2.63. The summed E-state index contributed by atoms with van der Waals surface area (Å²) in [7, 11) is 0. The number of benzene rings is 1. The van der Waals surface area contributed by atoms with E-state index in [2.05, 4.69) is 27.4 Å². The first-order valence-electron chi connectivity index (χ1n) is 6.65. The number of aromatic amines is 1. The number of unbranched alkanes of at least 4 members (excludes halogenated alkanes) is 1. The predicted molar refractivity (Wildman–Crippen MR) is 79.6 cm³/mol. The summed E-state index contributed by atoms with van der Waals surface area (Å²) in [6.07, 6.45) is 3.59. The molecule has 20 heavy (non-hydrogen) atoms. The van der Waals surface area contributed by atoms with Gasteiger partial charge in [0, 0.05) is 17.9 Å². The quantitative estimate of drug-likeness (QED) is 0.607. The Morgan fingerprint density at radius 3 is 2.80 bits per heavy atom. The molecule has 2 aromatic rings. The number of carbonyl (C=O) groups is 1. The van der Waals surface area contributed by atoms with Gasteiger partial charge in [-0.1, -0.05) is 37.2 Å². The number of hydrogen-bond donors (Lipinski definition) is 2. The molecule has 0 fully saturated rings. The Balaban J connectivity index is 1.84. The number of thioether (sulfide) groups is 1. The van der Waals surface area contributed by atoms with E-state index in [1.54, 1.807) is 11.8 Å². The Morgan fingerprint density at radius 2 is 2.15 bits per heavy atom. The second kappa shape index (κ2) is 7.69. The molecule has 0 atom stereocenters. The van der Waals surface area contributed by atoms with E-state index >= 15 is 0 Å². The molecule has 0 bridgehead atoms. The molecule has 0 saturated carbocycles. The van der Waals surface area contributed by atoms with Crippen molar-refractivity contribution in [3.8, 4) is 0 Å². The zero-order valence-electron chi connectivity index (χ0n) is 11.4. The summed E-state index contributed by atoms with van der Waals surface area (Å²) >= 11 is 1.58. The van der Waals surface area contributed by atoms with E-state index in [-0.39, 0.29) is 5.91 Å². The van der Waals surface area contributed by atoms with Gasteiger partial charge in [0.25, 0.3) is 5.91 Å². The number of rotatable bonds is 7. The van der Waals surface area contributed by atoms with Gasteiger partial charge in [0.2, 0.25) is 0 Å². The molecule has 106 valence electrons. The van der Waals surface area contributed by atoms with Crippen LogP contribution in [0.3, 0.4) is 0 Å². The third-order valence-electron chi connectivity index (χ3n) is 2.80. The van der Waals surface area contributed by atoms with Gasteiger partial charge in [-0.15, -0.1) is 0 Å². The molecule has 0 radical (unpaired) electrons. The Bertz CT molecular complexity index is 525. The fourth-order valence-corrected chi connectivity index (χ4v) is 2.38. The van der Waals surface area contributed by atoms with Gasteiger partial charge >= 0.3 is 0 Å². The van der Waals surface area contributed by atoms with Gasteiger partial charge in [0.1, 0.15) is 6.33 Å². The van der Waals surface area contributed by atoms with E-state index < -0.39 is 0 Å². The summed E-state index contributed by atoms with van der Waals surface area (Å²) in [6.45, 7) is 2.84. The Labute approximate surface area is 122 Å². The fraction of sp³-hybridized carbons (Fsp3) is 0.357. The molecule has 0 spiro atoms. The van der Waals surface area contributed by atoms with Crippen LogP contribution in [-0.2, 0) is 5.75 Å². The van der Waals surface area contributed by atoms with Crippen LogP contribution in [0.2, 0.25) is 0 Å². The number of hydrogen-bond acceptors (Lipinski definition) is 4. The average Bonchev–Trinajstić information content (AvgIpc) is 2.99. The maximum Gasteiger partial charge on any atom is 0.251 e. The minimum absolute atomic E-state index is 0.00659. The summed E-state index contributed by atoms with van der Waals surface area (Å²) in [5.74, 6) is 0.792. The Hall–Kier alpha value is -1.82. The van der Waals surface area contributed by atoms with Crippen LogP contribution in [0.15, 0.2) is 35.7 Å². The van der Waals surface area contributed by atoms with Crippen molar-refractivity contribution >= 4 is 17.7 Å². The first kappa shape index (κ1) is 14.6. The molecule has 0 saturated heterocycles. The zero-order chi connectivity index (χ0) is 14.2. The highest BCUT2D eigenvalue weighted by Crippen LogP contribution is 2.18. The molecule has 0 aliphatic carbocycles. The minimum Gasteiger partial charge on any atom is -0.352 e. The van der Waals surface area contributed by atoms with Gasteiger partial charge < -0.3 is 5.32 Å². The monoisotopic (exact) mass is 290 g/mol. The lowest BCUT2D eigenvalue weighted by Crippen LogP contribution is -2.24. The minimum atomic E-state index is -0.00659. The number of aromatic nitrogens is 3. The van der Waals surface area contributed by atoms with E-state index in [0.29, 0.717) is 5.56 Å². The molecule has 1 amide bonds. The average molecular weight is 290 g/mol. The molecule has 1 heterocycles. The van der Waals surface area contributed by atoms with E-state index in [9.17, 15) is 4.79 Å². The summed E-state index contributed by atoms with van der Waals surface area (Å²) in [5, 5.41) is 10.3. The molecule has 0 unspecified atom stereocenters. The largest absolute Gasteiger partial charge is 0.352 e. The standard InChI is InChI=1S/C14H18N4OS/c1-2-3-8-15-13(19)12-6-4-11(5-7-12)9-20-14-16-10-17-18-14/h4-7,10H,2-3,8-9H2,1H3,(H,15,19)(H,16,17,18). The lowest BCUT2D eigenvalue weighted by molar-refractivity contribution is 0.0953. The third kappa shape index (κ3) is 4.38. The lowest BCUT2D eigenvalue weighted by atomic mass is 10.1. The van der Waals surface area contributed by atoms with E-state index in [1.165, 1.54) is 6.33 Å². The van der Waals surface area contributed by atoms with Crippen LogP contribution in [0.25, 0.3) is 0 Å². The van der Waals surface area contributed by atoms with Gasteiger partial charge in [-0.3, -0.25) is 9.89 Å². The summed E-state index contributed by atoms with van der Waals surface area (Å²) in [5.41, 5.74) is 1.85. The van der Waals surface area contributed by atoms with Crippen LogP contribution in [0, 0.1) is 0 Å². The highest BCUT2D eigenvalue weighted by Gasteiger charge is 2.05. The highest BCUT2D eigenvalue weighted by molar-refractivity contribution is 7.98. The molecule has 5 nitrogen and oxygen atoms in total. The van der Waals surface area contributed by atoms with Gasteiger partial charge in [-0.25, -0.2) is 4.98 Å². The van der Waals surface area contributed by atoms with Crippen molar-refractivity contribution in [2.24, 2.45) is 0 Å². The molecular formula is C14H18N4OS. The topological polar surface area (TPSA) is 70.7 Å². The fourth-order valence-electron chi connectivity index (χ4n) is 1.65. The highest BCUT2D eigenvalue weighted by atomic mass is 32.2. The maximum absolute atomic E-state index is 11.8. The first-order valence-corrected chi connectivity index (χ1v) is 7.63. The smallest absolute Gasteiger partial charge is 0.251 e. The summed E-state index contributed by atoms with van der Waals surface area (Å²) < 4.78 is 0. The summed E-state index contributed by atoms with van der Waals surface area (Å²) in [4.78, 5) is 15.9. The third-order valence-corrected chi connectivity index (χ3v) is 3.75. The number of nitrogens with one attached hydrogen (secondary N) is 2. The van der Waals surface area contributed by atoms with Crippen LogP contribution in [0.1, 0.15) is 35.7 Å². The lowest BCUT2D eigenvalue weighted by Gasteiger charge is -2.05. The molecular weight excluding hydrogens is 272 g/mol. The van der Waals surface area contributed by atoms with Crippen molar-refractivity contribution in [1.29, 1.82) is 0 Å². The van der Waals surface area contributed by atoms with Crippen molar-refractivity contribution in [2.45, 2.75) is 30.7 Å². The Kier molecular flexibility index (Phi) is 5.61. The summed E-state index contributed by atoms with van der Waals surface area (Å²) in [6, 6.07) is 7.66. The first-order chi connectivity index (χ1) is 9.79. The number of H-pyrrole nitrogens is 1. The Morgan fingerprint density at radius 1 is 1.35 bits per heavy atom. The maximum atomic E-state index is 11.8. The second-order valence-corrected chi connectivity index (χ2v) is 5.35. The van der Waals surface area contributed by atoms with Crippen molar-refractivity contribution in [3.63, 3.8) is 0 Å². The van der Waals surface area contributed by atoms with Crippen LogP contribution >= 0.6 is 11.8 Å². The van der Waals surface area contributed by atoms with Gasteiger partial charge in [0.15, 0.2) is 5.16 Å². The van der Waals surface area contributed by atoms with Crippen LogP contribution in [0.5, 0.6) is 0 Å². The molecule has 6 heteroatoms. The van der Waals surface area contributed by atoms with Crippen LogP contribution in [-0.4, -0.2) is 27.6 Å². The van der Waals surface area contributed by atoms with Crippen LogP contribution < -0.4 is 5.32 Å². The zero-order valence-corrected chi connectivity index (χ0v) is 12.2. The van der Waals surface area contributed by atoms with Gasteiger partial charge in [-0.2, -0.15) is 5.10 Å². The van der Waals surface area contributed by atoms with E-state index in [1.807, 2.05) is 24.3 Å². The van der Waals surface area contributed by atoms with Crippen LogP contribution in [0.4, 0.5) is 0 Å². The normalized spacial score (nSPS) is 10.4. The van der Waals surface area contributed by atoms with E-state index in [0.717, 1.165) is 35.9 Å². The molecule has 0 aliphatic rings. The number of nitrogens with zero attached hydrogens (tertiary/aromatic N) is 2. The van der Waals surface area contributed by atoms with Crippen molar-refractivity contribution < 1.29 is 4.79 Å². The molecule has 0 aliphatic heterocycles. The van der Waals surface area contributed by atoms with Gasteiger partial charge in [0.05, 0.1) is 0 Å². The molecule has 2 N–H and O–H groups in total. The van der Waals surface area contributed by atoms with E-state index in [4.69, 9.17) is 0 Å². The van der Waals surface area contributed by atoms with Gasteiger partial charge in [-0.05, 0) is 24.1 Å². The SMILES string of the molecule is CCCCNC(=O)c1ccc(CSc2ncn[nH]2)cc1. The van der Waals surface area contributed by atoms with Crippen molar-refractivity contribution in [3.05, 3.63) is 41.7 Å². The molecule has 1 aromatic heterocycles. The number of amides is 1. The van der Waals surface area contributed by atoms with Crippen molar-refractivity contribution in [1.82, 2.24) is 20.5 Å². The second-order valence-electron chi connectivity index (χ2n) is 4.39. The molecule has 2 rings (SSSR count).